The lowest BCUT2D eigenvalue weighted by Gasteiger charge is -2.38. The number of imide groups is 1. The highest BCUT2D eigenvalue weighted by Gasteiger charge is 2.28. The van der Waals surface area contributed by atoms with Gasteiger partial charge in [-0.2, -0.15) is 4.98 Å². The Morgan fingerprint density at radius 3 is 2.48 bits per heavy atom. The summed E-state index contributed by atoms with van der Waals surface area (Å²) in [4.78, 5) is 64.2. The van der Waals surface area contributed by atoms with Gasteiger partial charge in [0.1, 0.15) is 23.4 Å². The first-order chi connectivity index (χ1) is 28.2. The molecule has 3 saturated heterocycles. The summed E-state index contributed by atoms with van der Waals surface area (Å²) in [5.74, 6) is 1.32. The number of hydrogen-bond acceptors (Lipinski definition) is 13. The fourth-order valence-corrected chi connectivity index (χ4v) is 7.95. The summed E-state index contributed by atoms with van der Waals surface area (Å²) in [6, 6.07) is 19.2. The van der Waals surface area contributed by atoms with E-state index in [2.05, 4.69) is 58.5 Å². The second kappa shape index (κ2) is 17.2. The smallest absolute Gasteiger partial charge is 0.412 e. The maximum absolute atomic E-state index is 13.4. The maximum atomic E-state index is 13.4. The number of piperazine rings is 1. The number of nitrogens with zero attached hydrogens (tertiary/aromatic N) is 5. The molecule has 4 aliphatic heterocycles. The van der Waals surface area contributed by atoms with E-state index < -0.39 is 12.1 Å². The molecule has 0 bridgehead atoms. The van der Waals surface area contributed by atoms with Gasteiger partial charge in [0.05, 0.1) is 36.9 Å². The normalized spacial score (nSPS) is 18.7. The van der Waals surface area contributed by atoms with Crippen LogP contribution in [0.25, 0.3) is 0 Å². The van der Waals surface area contributed by atoms with Crippen molar-refractivity contribution >= 4 is 75.6 Å². The van der Waals surface area contributed by atoms with Crippen LogP contribution >= 0.6 is 11.6 Å². The number of carbonyl (C=O) groups is 4. The van der Waals surface area contributed by atoms with Crippen LogP contribution in [-0.2, 0) is 25.7 Å². The lowest BCUT2D eigenvalue weighted by molar-refractivity contribution is -0.134. The number of cyclic esters (lactones) is 1. The topological polar surface area (TPSA) is 182 Å². The summed E-state index contributed by atoms with van der Waals surface area (Å²) in [7, 11) is 1.61. The molecule has 0 aliphatic carbocycles. The van der Waals surface area contributed by atoms with Crippen LogP contribution in [0.2, 0.25) is 5.02 Å². The first kappa shape index (κ1) is 38.7. The molecule has 1 unspecified atom stereocenters. The Morgan fingerprint density at radius 1 is 0.931 bits per heavy atom. The molecule has 4 aromatic rings. The van der Waals surface area contributed by atoms with E-state index >= 15 is 0 Å². The number of amides is 4. The predicted molar refractivity (Wildman–Crippen MR) is 220 cm³/mol. The molecule has 3 fully saturated rings. The highest BCUT2D eigenvalue weighted by atomic mass is 35.5. The van der Waals surface area contributed by atoms with E-state index in [-0.39, 0.29) is 24.3 Å². The average Bonchev–Trinajstić information content (AvgIpc) is 3.24. The second-order valence-corrected chi connectivity index (χ2v) is 15.2. The molecule has 0 radical (unpaired) electrons. The molecule has 5 N–H and O–H groups in total. The highest BCUT2D eigenvalue weighted by molar-refractivity contribution is 6.33. The zero-order valence-electron chi connectivity index (χ0n) is 32.1. The van der Waals surface area contributed by atoms with Gasteiger partial charge in [-0.15, -0.1) is 0 Å². The minimum Gasteiger partial charge on any atom is -0.494 e. The number of hydrogen-bond donors (Lipinski definition) is 5. The number of benzene rings is 3. The summed E-state index contributed by atoms with van der Waals surface area (Å²) in [6.07, 6.45) is 3.74. The van der Waals surface area contributed by atoms with E-state index in [9.17, 15) is 19.2 Å². The third-order valence-electron chi connectivity index (χ3n) is 11.1. The Balaban J connectivity index is 0.806. The molecule has 0 saturated carbocycles. The molecule has 0 spiro atoms. The van der Waals surface area contributed by atoms with Crippen molar-refractivity contribution in [2.75, 3.05) is 79.1 Å². The molecule has 58 heavy (non-hydrogen) atoms. The molecule has 4 amide bonds. The Bertz CT molecular complexity index is 2190. The van der Waals surface area contributed by atoms with Crippen LogP contribution < -0.4 is 36.2 Å². The van der Waals surface area contributed by atoms with Crippen molar-refractivity contribution in [2.24, 2.45) is 0 Å². The van der Waals surface area contributed by atoms with Gasteiger partial charge in [-0.25, -0.2) is 9.78 Å². The quantitative estimate of drug-likeness (QED) is 0.121. The van der Waals surface area contributed by atoms with Crippen LogP contribution in [0.1, 0.15) is 42.7 Å². The lowest BCUT2D eigenvalue weighted by Crippen LogP contribution is -2.51. The Morgan fingerprint density at radius 2 is 1.72 bits per heavy atom. The summed E-state index contributed by atoms with van der Waals surface area (Å²) in [6.45, 7) is 4.96. The van der Waals surface area contributed by atoms with Gasteiger partial charge in [0, 0.05) is 55.6 Å². The predicted octanol–water partition coefficient (Wildman–Crippen LogP) is 5.43. The Kier molecular flexibility index (Phi) is 11.5. The van der Waals surface area contributed by atoms with E-state index in [0.717, 1.165) is 42.9 Å². The van der Waals surface area contributed by atoms with Gasteiger partial charge in [-0.1, -0.05) is 35.9 Å². The third-order valence-corrected chi connectivity index (χ3v) is 11.3. The number of rotatable bonds is 11. The van der Waals surface area contributed by atoms with Crippen LogP contribution in [0.5, 0.6) is 5.75 Å². The number of ether oxygens (including phenoxy) is 2. The number of piperidine rings is 2. The number of anilines is 7. The Hall–Kier alpha value is -6.13. The summed E-state index contributed by atoms with van der Waals surface area (Å²) < 4.78 is 10.8. The number of para-hydroxylation sites is 1. The van der Waals surface area contributed by atoms with Gasteiger partial charge in [-0.05, 0) is 74.2 Å². The number of likely N-dealkylation sites (tertiary alicyclic amines) is 1. The SMILES string of the molecule is COc1cc(N2CCN(C(=O)CN3CCC(c4ccc(NC5CCC(=O)NC5=O)cc4)CC3)CC2)ccc1Nc1ncc(Cl)c(Nc2cccc3c2NC(=O)OC3)n1. The average molecular weight is 809 g/mol. The van der Waals surface area contributed by atoms with Crippen molar-refractivity contribution in [3.05, 3.63) is 83.0 Å². The minimum atomic E-state index is -0.530. The van der Waals surface area contributed by atoms with Gasteiger partial charge in [0.25, 0.3) is 0 Å². The van der Waals surface area contributed by atoms with Gasteiger partial charge in [0.2, 0.25) is 23.7 Å². The monoisotopic (exact) mass is 808 g/mol. The zero-order valence-corrected chi connectivity index (χ0v) is 32.8. The van der Waals surface area contributed by atoms with Crippen LogP contribution in [0, 0.1) is 0 Å². The van der Waals surface area contributed by atoms with E-state index in [0.29, 0.717) is 91.1 Å². The van der Waals surface area contributed by atoms with Gasteiger partial charge < -0.3 is 35.2 Å². The van der Waals surface area contributed by atoms with Crippen LogP contribution in [0.4, 0.5) is 45.0 Å². The minimum absolute atomic E-state index is 0.154. The first-order valence-electron chi connectivity index (χ1n) is 19.4. The van der Waals surface area contributed by atoms with Crippen molar-refractivity contribution in [3.63, 3.8) is 0 Å². The van der Waals surface area contributed by atoms with E-state index in [1.807, 2.05) is 53.4 Å². The molecule has 16 nitrogen and oxygen atoms in total. The molecule has 4 aliphatic rings. The van der Waals surface area contributed by atoms with Crippen molar-refractivity contribution in [3.8, 4) is 5.75 Å². The molecule has 3 aromatic carbocycles. The molecule has 1 aromatic heterocycles. The van der Waals surface area contributed by atoms with Crippen molar-refractivity contribution in [1.29, 1.82) is 0 Å². The molecule has 1 atom stereocenters. The van der Waals surface area contributed by atoms with Crippen molar-refractivity contribution in [2.45, 2.75) is 44.2 Å². The zero-order chi connectivity index (χ0) is 40.2. The number of methoxy groups -OCH3 is 1. The van der Waals surface area contributed by atoms with Gasteiger partial charge in [-0.3, -0.25) is 29.9 Å². The highest BCUT2D eigenvalue weighted by Crippen LogP contribution is 2.36. The van der Waals surface area contributed by atoms with Crippen LogP contribution in [0.15, 0.2) is 66.9 Å². The van der Waals surface area contributed by atoms with Crippen molar-refractivity contribution < 1.29 is 28.7 Å². The van der Waals surface area contributed by atoms with Crippen molar-refractivity contribution in [1.82, 2.24) is 25.1 Å². The molecule has 5 heterocycles. The number of carbonyl (C=O) groups excluding carboxylic acids is 4. The number of nitrogens with one attached hydrogen (secondary N) is 5. The van der Waals surface area contributed by atoms with Gasteiger partial charge in [0.15, 0.2) is 5.82 Å². The molecular weight excluding hydrogens is 764 g/mol. The molecular formula is C41H45ClN10O6. The summed E-state index contributed by atoms with van der Waals surface area (Å²) in [5.41, 5.74) is 5.81. The fourth-order valence-electron chi connectivity index (χ4n) is 7.81. The lowest BCUT2D eigenvalue weighted by atomic mass is 9.89. The second-order valence-electron chi connectivity index (χ2n) is 14.8. The third kappa shape index (κ3) is 8.87. The van der Waals surface area contributed by atoms with E-state index in [1.54, 1.807) is 7.11 Å². The van der Waals surface area contributed by atoms with Crippen LogP contribution in [0.3, 0.4) is 0 Å². The number of aromatic nitrogens is 2. The number of halogens is 1. The van der Waals surface area contributed by atoms with Gasteiger partial charge >= 0.3 is 6.09 Å². The van der Waals surface area contributed by atoms with E-state index in [1.165, 1.54) is 11.8 Å². The fraction of sp³-hybridized carbons (Fsp3) is 0.366. The molecule has 302 valence electrons. The molecule has 17 heteroatoms. The maximum Gasteiger partial charge on any atom is 0.412 e. The summed E-state index contributed by atoms with van der Waals surface area (Å²) >= 11 is 6.46. The summed E-state index contributed by atoms with van der Waals surface area (Å²) in [5, 5.41) is 15.1. The van der Waals surface area contributed by atoms with Crippen LogP contribution in [-0.4, -0.2) is 103 Å². The largest absolute Gasteiger partial charge is 0.494 e. The first-order valence-corrected chi connectivity index (χ1v) is 19.8. The number of fused-ring (bicyclic) bond motifs is 1. The standard InChI is InChI=1S/C41H45ClN10O6/c1-57-34-21-29(9-10-31(34)46-40-43-22-30(42)38(49-40)45-32-4-2-3-27-24-58-41(56)48-37(27)32)51-17-19-52(20-18-51)36(54)23-50-15-13-26(14-16-50)25-5-7-28(8-6-25)44-33-11-12-35(53)47-39(33)55/h2-10,21-22,26,33,44H,11-20,23-24H2,1H3,(H,48,56)(H,47,53,55)(H2,43,45,46,49). The van der Waals surface area contributed by atoms with E-state index in [4.69, 9.17) is 21.1 Å². The Labute approximate surface area is 340 Å². The molecule has 8 rings (SSSR count).